The summed E-state index contributed by atoms with van der Waals surface area (Å²) in [5.74, 6) is 0.762. The van der Waals surface area contributed by atoms with Crippen molar-refractivity contribution in [2.45, 2.75) is 20.4 Å². The van der Waals surface area contributed by atoms with Crippen LogP contribution in [0.25, 0.3) is 17.4 Å². The summed E-state index contributed by atoms with van der Waals surface area (Å²) in [4.78, 5) is 0. The van der Waals surface area contributed by atoms with E-state index in [2.05, 4.69) is 9.82 Å². The molecule has 0 aliphatic carbocycles. The average molecular weight is 371 g/mol. The predicted molar refractivity (Wildman–Crippen MR) is 102 cm³/mol. The molecule has 0 aliphatic rings. The molecule has 0 saturated carbocycles. The van der Waals surface area contributed by atoms with Gasteiger partial charge in [-0.15, -0.1) is 0 Å². The van der Waals surface area contributed by atoms with E-state index in [1.807, 2.05) is 56.3 Å². The normalized spacial score (nSPS) is 12.1. The second kappa shape index (κ2) is 7.72. The van der Waals surface area contributed by atoms with Crippen LogP contribution in [-0.2, 0) is 16.6 Å². The summed E-state index contributed by atoms with van der Waals surface area (Å²) < 4.78 is 34.0. The highest BCUT2D eigenvalue weighted by molar-refractivity contribution is 7.92. The molecule has 0 unspecified atom stereocenters. The van der Waals surface area contributed by atoms with Crippen molar-refractivity contribution in [3.63, 3.8) is 0 Å². The molecule has 0 saturated heterocycles. The minimum Gasteiger partial charge on any atom is -0.464 e. The Morgan fingerprint density at radius 2 is 1.92 bits per heavy atom. The first-order valence-electron chi connectivity index (χ1n) is 8.27. The number of sulfonamides is 1. The summed E-state index contributed by atoms with van der Waals surface area (Å²) in [7, 11) is -3.50. The summed E-state index contributed by atoms with van der Waals surface area (Å²) in [6.45, 7) is 4.54. The molecule has 0 spiro atoms. The van der Waals surface area contributed by atoms with Gasteiger partial charge < -0.3 is 4.42 Å². The fraction of sp³-hybridized carbons (Fsp3) is 0.211. The topological polar surface area (TPSA) is 77.1 Å². The second-order valence-electron chi connectivity index (χ2n) is 5.90. The zero-order chi connectivity index (χ0) is 18.6. The van der Waals surface area contributed by atoms with E-state index >= 15 is 0 Å². The van der Waals surface area contributed by atoms with Crippen LogP contribution in [0.3, 0.4) is 0 Å². The molecule has 26 heavy (non-hydrogen) atoms. The zero-order valence-electron chi connectivity index (χ0n) is 14.7. The van der Waals surface area contributed by atoms with E-state index in [1.165, 1.54) is 5.41 Å². The van der Waals surface area contributed by atoms with Gasteiger partial charge in [-0.3, -0.25) is 4.68 Å². The molecule has 7 heteroatoms. The number of furan rings is 1. The first kappa shape index (κ1) is 18.2. The maximum Gasteiger partial charge on any atom is 0.233 e. The van der Waals surface area contributed by atoms with Gasteiger partial charge in [0.05, 0.1) is 24.1 Å². The molecule has 0 aliphatic heterocycles. The van der Waals surface area contributed by atoms with E-state index < -0.39 is 10.0 Å². The first-order valence-corrected chi connectivity index (χ1v) is 9.81. The van der Waals surface area contributed by atoms with Gasteiger partial charge >= 0.3 is 0 Å². The van der Waals surface area contributed by atoms with Gasteiger partial charge in [-0.05, 0) is 37.6 Å². The van der Waals surface area contributed by atoms with Crippen molar-refractivity contribution in [3.8, 4) is 11.3 Å². The molecule has 3 rings (SSSR count). The average Bonchev–Trinajstić information content (AvgIpc) is 3.22. The van der Waals surface area contributed by atoms with E-state index in [-0.39, 0.29) is 6.54 Å². The summed E-state index contributed by atoms with van der Waals surface area (Å²) in [6.07, 6.45) is 3.19. The Bertz CT molecular complexity index is 988. The lowest BCUT2D eigenvalue weighted by molar-refractivity contribution is 0.559. The van der Waals surface area contributed by atoms with E-state index in [0.29, 0.717) is 6.54 Å². The monoisotopic (exact) mass is 371 g/mol. The molecule has 136 valence electrons. The summed E-state index contributed by atoms with van der Waals surface area (Å²) in [5, 5.41) is 5.66. The first-order chi connectivity index (χ1) is 12.5. The Labute approximate surface area is 153 Å². The SMILES string of the molecule is Cc1nn(CCNS(=O)(=O)C=Cc2ccccc2)c(C)c1-c1ccco1. The molecule has 0 bridgehead atoms. The van der Waals surface area contributed by atoms with Gasteiger partial charge in [0.1, 0.15) is 5.76 Å². The molecule has 0 amide bonds. The van der Waals surface area contributed by atoms with Gasteiger partial charge in [-0.2, -0.15) is 5.10 Å². The van der Waals surface area contributed by atoms with E-state index in [1.54, 1.807) is 17.0 Å². The second-order valence-corrected chi connectivity index (χ2v) is 7.55. The van der Waals surface area contributed by atoms with Crippen molar-refractivity contribution in [3.05, 3.63) is 71.1 Å². The molecule has 0 fully saturated rings. The summed E-state index contributed by atoms with van der Waals surface area (Å²) in [6, 6.07) is 13.0. The third-order valence-electron chi connectivity index (χ3n) is 4.02. The van der Waals surface area contributed by atoms with Crippen molar-refractivity contribution in [1.82, 2.24) is 14.5 Å². The van der Waals surface area contributed by atoms with Gasteiger partial charge in [-0.1, -0.05) is 30.3 Å². The van der Waals surface area contributed by atoms with Crippen molar-refractivity contribution in [2.75, 3.05) is 6.54 Å². The van der Waals surface area contributed by atoms with Crippen molar-refractivity contribution >= 4 is 16.1 Å². The third kappa shape index (κ3) is 4.30. The Kier molecular flexibility index (Phi) is 5.39. The van der Waals surface area contributed by atoms with Crippen molar-refractivity contribution in [1.29, 1.82) is 0 Å². The third-order valence-corrected chi connectivity index (χ3v) is 5.12. The number of benzene rings is 1. The standard InChI is InChI=1S/C19H21N3O3S/c1-15-19(18-9-6-13-25-18)16(2)22(21-15)12-11-20-26(23,24)14-10-17-7-4-3-5-8-17/h3-10,13-14,20H,11-12H2,1-2H3. The highest BCUT2D eigenvalue weighted by atomic mass is 32.2. The van der Waals surface area contributed by atoms with Crippen LogP contribution in [0.4, 0.5) is 0 Å². The van der Waals surface area contributed by atoms with Crippen LogP contribution >= 0.6 is 0 Å². The van der Waals surface area contributed by atoms with Gasteiger partial charge in [0, 0.05) is 17.6 Å². The summed E-state index contributed by atoms with van der Waals surface area (Å²) in [5.41, 5.74) is 3.57. The number of rotatable bonds is 7. The summed E-state index contributed by atoms with van der Waals surface area (Å²) >= 11 is 0. The number of aryl methyl sites for hydroxylation is 1. The lowest BCUT2D eigenvalue weighted by Crippen LogP contribution is -2.26. The molecule has 2 aromatic heterocycles. The smallest absolute Gasteiger partial charge is 0.233 e. The molecule has 1 N–H and O–H groups in total. The molecule has 0 atom stereocenters. The van der Waals surface area contributed by atoms with Gasteiger partial charge in [0.15, 0.2) is 0 Å². The minimum absolute atomic E-state index is 0.251. The van der Waals surface area contributed by atoms with Gasteiger partial charge in [0.25, 0.3) is 0 Å². The van der Waals surface area contributed by atoms with Gasteiger partial charge in [0.2, 0.25) is 10.0 Å². The van der Waals surface area contributed by atoms with E-state index in [9.17, 15) is 8.42 Å². The Morgan fingerprint density at radius 1 is 1.15 bits per heavy atom. The van der Waals surface area contributed by atoms with E-state index in [4.69, 9.17) is 4.42 Å². The maximum atomic E-state index is 12.1. The van der Waals surface area contributed by atoms with Crippen molar-refractivity contribution in [2.24, 2.45) is 0 Å². The molecule has 2 heterocycles. The highest BCUT2D eigenvalue weighted by Gasteiger charge is 2.15. The fourth-order valence-corrected chi connectivity index (χ4v) is 3.57. The van der Waals surface area contributed by atoms with Crippen molar-refractivity contribution < 1.29 is 12.8 Å². The lowest BCUT2D eigenvalue weighted by atomic mass is 10.1. The molecule has 6 nitrogen and oxygen atoms in total. The lowest BCUT2D eigenvalue weighted by Gasteiger charge is -2.06. The van der Waals surface area contributed by atoms with E-state index in [0.717, 1.165) is 28.3 Å². The Balaban J connectivity index is 1.63. The molecule has 3 aromatic rings. The van der Waals surface area contributed by atoms with Crippen LogP contribution in [0.15, 0.2) is 58.6 Å². The molecular formula is C19H21N3O3S. The highest BCUT2D eigenvalue weighted by Crippen LogP contribution is 2.26. The zero-order valence-corrected chi connectivity index (χ0v) is 15.5. The molecule has 0 radical (unpaired) electrons. The number of aromatic nitrogens is 2. The quantitative estimate of drug-likeness (QED) is 0.691. The molecule has 1 aromatic carbocycles. The van der Waals surface area contributed by atoms with Crippen LogP contribution in [0.1, 0.15) is 17.0 Å². The number of nitrogens with one attached hydrogen (secondary N) is 1. The Morgan fingerprint density at radius 3 is 2.62 bits per heavy atom. The molecular weight excluding hydrogens is 350 g/mol. The van der Waals surface area contributed by atoms with Gasteiger partial charge in [-0.25, -0.2) is 13.1 Å². The fourth-order valence-electron chi connectivity index (χ4n) is 2.77. The van der Waals surface area contributed by atoms with Crippen LogP contribution in [0, 0.1) is 13.8 Å². The number of nitrogens with zero attached hydrogens (tertiary/aromatic N) is 2. The van der Waals surface area contributed by atoms with Crippen LogP contribution in [0.2, 0.25) is 0 Å². The minimum atomic E-state index is -3.50. The largest absolute Gasteiger partial charge is 0.464 e. The van der Waals surface area contributed by atoms with Crippen LogP contribution in [0.5, 0.6) is 0 Å². The Hall–Kier alpha value is -2.64. The van der Waals surface area contributed by atoms with Crippen LogP contribution in [-0.4, -0.2) is 24.7 Å². The number of hydrogen-bond acceptors (Lipinski definition) is 4. The maximum absolute atomic E-state index is 12.1. The number of hydrogen-bond donors (Lipinski definition) is 1. The predicted octanol–water partition coefficient (Wildman–Crippen LogP) is 3.35. The van der Waals surface area contributed by atoms with Crippen LogP contribution < -0.4 is 4.72 Å².